The van der Waals surface area contributed by atoms with Crippen molar-refractivity contribution in [3.05, 3.63) is 65.9 Å². The molecule has 7 nitrogen and oxygen atoms in total. The van der Waals surface area contributed by atoms with Crippen molar-refractivity contribution < 1.29 is 9.18 Å². The first-order chi connectivity index (χ1) is 15.0. The molecule has 1 aliphatic rings. The zero-order chi connectivity index (χ0) is 21.8. The SMILES string of the molecule is Cc1nc(-c2cccnc2)nc(N2CCN(CC(=O)Nc3ccccc3F)CC2)c1C. The number of carbonyl (C=O) groups is 1. The standard InChI is InChI=1S/C23H25FN6O/c1-16-17(2)26-22(18-6-5-9-25-14-18)28-23(16)30-12-10-29(11-13-30)15-21(31)27-20-8-4-3-7-19(20)24/h3-9,14H,10-13,15H2,1-2H3,(H,27,31). The van der Waals surface area contributed by atoms with Crippen LogP contribution in [0.3, 0.4) is 0 Å². The number of nitrogens with one attached hydrogen (secondary N) is 1. The maximum absolute atomic E-state index is 13.7. The van der Waals surface area contributed by atoms with Crippen molar-refractivity contribution >= 4 is 17.4 Å². The van der Waals surface area contributed by atoms with Crippen molar-refractivity contribution in [2.24, 2.45) is 0 Å². The lowest BCUT2D eigenvalue weighted by Crippen LogP contribution is -2.49. The Morgan fingerprint density at radius 1 is 1.06 bits per heavy atom. The van der Waals surface area contributed by atoms with Gasteiger partial charge in [0.05, 0.1) is 12.2 Å². The first-order valence-corrected chi connectivity index (χ1v) is 10.3. The Kier molecular flexibility index (Phi) is 6.18. The number of hydrogen-bond donors (Lipinski definition) is 1. The van der Waals surface area contributed by atoms with E-state index in [2.05, 4.69) is 25.1 Å². The fourth-order valence-electron chi connectivity index (χ4n) is 3.62. The van der Waals surface area contributed by atoms with Gasteiger partial charge in [-0.15, -0.1) is 0 Å². The normalized spacial score (nSPS) is 14.5. The minimum atomic E-state index is -0.431. The van der Waals surface area contributed by atoms with Crippen molar-refractivity contribution in [3.8, 4) is 11.4 Å². The molecule has 3 heterocycles. The highest BCUT2D eigenvalue weighted by molar-refractivity contribution is 5.92. The number of nitrogens with zero attached hydrogens (tertiary/aromatic N) is 5. The van der Waals surface area contributed by atoms with Crippen LogP contribution in [0.15, 0.2) is 48.8 Å². The minimum Gasteiger partial charge on any atom is -0.354 e. The Morgan fingerprint density at radius 2 is 1.84 bits per heavy atom. The van der Waals surface area contributed by atoms with E-state index in [4.69, 9.17) is 4.98 Å². The predicted molar refractivity (Wildman–Crippen MR) is 118 cm³/mol. The van der Waals surface area contributed by atoms with Crippen molar-refractivity contribution in [1.82, 2.24) is 19.9 Å². The molecule has 2 aromatic heterocycles. The highest BCUT2D eigenvalue weighted by Crippen LogP contribution is 2.25. The van der Waals surface area contributed by atoms with Crippen LogP contribution in [0.2, 0.25) is 0 Å². The lowest BCUT2D eigenvalue weighted by Gasteiger charge is -2.36. The number of halogens is 1. The van der Waals surface area contributed by atoms with Crippen molar-refractivity contribution in [1.29, 1.82) is 0 Å². The fourth-order valence-corrected chi connectivity index (χ4v) is 3.62. The summed E-state index contributed by atoms with van der Waals surface area (Å²) in [6.07, 6.45) is 3.49. The summed E-state index contributed by atoms with van der Waals surface area (Å²) >= 11 is 0. The van der Waals surface area contributed by atoms with E-state index in [0.717, 1.165) is 48.8 Å². The average molecular weight is 420 g/mol. The van der Waals surface area contributed by atoms with Gasteiger partial charge < -0.3 is 10.2 Å². The minimum absolute atomic E-state index is 0.209. The summed E-state index contributed by atoms with van der Waals surface area (Å²) in [5, 5.41) is 2.65. The molecule has 0 saturated carbocycles. The van der Waals surface area contributed by atoms with Gasteiger partial charge in [0.1, 0.15) is 11.6 Å². The zero-order valence-corrected chi connectivity index (χ0v) is 17.7. The van der Waals surface area contributed by atoms with Crippen LogP contribution >= 0.6 is 0 Å². The molecule has 160 valence electrons. The summed E-state index contributed by atoms with van der Waals surface area (Å²) < 4.78 is 13.7. The molecule has 1 fully saturated rings. The van der Waals surface area contributed by atoms with Gasteiger partial charge in [-0.1, -0.05) is 12.1 Å². The van der Waals surface area contributed by atoms with Gasteiger partial charge in [0.25, 0.3) is 0 Å². The van der Waals surface area contributed by atoms with Gasteiger partial charge in [-0.25, -0.2) is 14.4 Å². The third-order valence-corrected chi connectivity index (χ3v) is 5.47. The van der Waals surface area contributed by atoms with Crippen molar-refractivity contribution in [2.75, 3.05) is 42.9 Å². The lowest BCUT2D eigenvalue weighted by molar-refractivity contribution is -0.117. The molecule has 0 unspecified atom stereocenters. The summed E-state index contributed by atoms with van der Waals surface area (Å²) in [4.78, 5) is 30.2. The van der Waals surface area contributed by atoms with Crippen LogP contribution in [-0.4, -0.2) is 58.5 Å². The number of piperazine rings is 1. The zero-order valence-electron chi connectivity index (χ0n) is 17.7. The number of benzene rings is 1. The third kappa shape index (κ3) is 4.86. The Labute approximate surface area is 181 Å². The smallest absolute Gasteiger partial charge is 0.238 e. The molecule has 1 aliphatic heterocycles. The van der Waals surface area contributed by atoms with Crippen LogP contribution in [0.1, 0.15) is 11.3 Å². The second-order valence-electron chi connectivity index (χ2n) is 7.61. The molecule has 3 aromatic rings. The molecule has 1 saturated heterocycles. The molecular weight excluding hydrogens is 395 g/mol. The fraction of sp³-hybridized carbons (Fsp3) is 0.304. The largest absolute Gasteiger partial charge is 0.354 e. The molecule has 1 amide bonds. The van der Waals surface area contributed by atoms with Gasteiger partial charge in [-0.2, -0.15) is 0 Å². The van der Waals surface area contributed by atoms with Gasteiger partial charge in [0.2, 0.25) is 5.91 Å². The van der Waals surface area contributed by atoms with Gasteiger partial charge in [0, 0.05) is 55.4 Å². The van der Waals surface area contributed by atoms with Gasteiger partial charge in [-0.3, -0.25) is 14.7 Å². The van der Waals surface area contributed by atoms with E-state index >= 15 is 0 Å². The summed E-state index contributed by atoms with van der Waals surface area (Å²) in [6.45, 7) is 7.18. The van der Waals surface area contributed by atoms with Crippen molar-refractivity contribution in [2.45, 2.75) is 13.8 Å². The second-order valence-corrected chi connectivity index (χ2v) is 7.61. The van der Waals surface area contributed by atoms with Gasteiger partial charge >= 0.3 is 0 Å². The molecule has 31 heavy (non-hydrogen) atoms. The van der Waals surface area contributed by atoms with Crippen LogP contribution < -0.4 is 10.2 Å². The Balaban J connectivity index is 1.40. The summed E-state index contributed by atoms with van der Waals surface area (Å²) in [5.41, 5.74) is 3.09. The summed E-state index contributed by atoms with van der Waals surface area (Å²) in [5.74, 6) is 0.936. The molecule has 4 rings (SSSR count). The number of aromatic nitrogens is 3. The van der Waals surface area contributed by atoms with Crippen LogP contribution in [0, 0.1) is 19.7 Å². The number of aryl methyl sites for hydroxylation is 1. The number of amides is 1. The first-order valence-electron chi connectivity index (χ1n) is 10.3. The number of pyridine rings is 1. The molecular formula is C23H25FN6O. The Morgan fingerprint density at radius 3 is 2.55 bits per heavy atom. The first kappa shape index (κ1) is 20.9. The Hall–Kier alpha value is -3.39. The van der Waals surface area contributed by atoms with Crippen molar-refractivity contribution in [3.63, 3.8) is 0 Å². The molecule has 0 aliphatic carbocycles. The van der Waals surface area contributed by atoms with E-state index in [1.165, 1.54) is 6.07 Å². The molecule has 1 aromatic carbocycles. The molecule has 8 heteroatoms. The van der Waals surface area contributed by atoms with Crippen LogP contribution in [0.5, 0.6) is 0 Å². The van der Waals surface area contributed by atoms with E-state index in [0.29, 0.717) is 5.82 Å². The molecule has 0 radical (unpaired) electrons. The summed E-state index contributed by atoms with van der Waals surface area (Å²) in [6, 6.07) is 10.0. The number of anilines is 2. The highest BCUT2D eigenvalue weighted by Gasteiger charge is 2.23. The Bertz CT molecular complexity index is 1070. The van der Waals surface area contributed by atoms with Crippen LogP contribution in [0.4, 0.5) is 15.9 Å². The highest BCUT2D eigenvalue weighted by atomic mass is 19.1. The molecule has 0 atom stereocenters. The molecule has 0 bridgehead atoms. The molecule has 1 N–H and O–H groups in total. The van der Waals surface area contributed by atoms with Crippen LogP contribution in [0.25, 0.3) is 11.4 Å². The number of para-hydroxylation sites is 1. The van der Waals surface area contributed by atoms with Crippen LogP contribution in [-0.2, 0) is 4.79 Å². The van der Waals surface area contributed by atoms with E-state index in [9.17, 15) is 9.18 Å². The number of rotatable bonds is 5. The second kappa shape index (κ2) is 9.18. The number of hydrogen-bond acceptors (Lipinski definition) is 6. The lowest BCUT2D eigenvalue weighted by atomic mass is 10.2. The maximum Gasteiger partial charge on any atom is 0.238 e. The van der Waals surface area contributed by atoms with E-state index in [-0.39, 0.29) is 18.1 Å². The predicted octanol–water partition coefficient (Wildman–Crippen LogP) is 3.06. The van der Waals surface area contributed by atoms with Gasteiger partial charge in [-0.05, 0) is 38.1 Å². The van der Waals surface area contributed by atoms with Gasteiger partial charge in [0.15, 0.2) is 5.82 Å². The quantitative estimate of drug-likeness (QED) is 0.684. The maximum atomic E-state index is 13.7. The third-order valence-electron chi connectivity index (χ3n) is 5.47. The number of carbonyl (C=O) groups excluding carboxylic acids is 1. The molecule has 0 spiro atoms. The van der Waals surface area contributed by atoms with E-state index in [1.807, 2.05) is 26.0 Å². The summed E-state index contributed by atoms with van der Waals surface area (Å²) in [7, 11) is 0. The van der Waals surface area contributed by atoms with E-state index < -0.39 is 5.82 Å². The average Bonchev–Trinajstić information content (AvgIpc) is 2.78. The topological polar surface area (TPSA) is 74.2 Å². The monoisotopic (exact) mass is 420 g/mol. The van der Waals surface area contributed by atoms with E-state index in [1.54, 1.807) is 30.6 Å².